The van der Waals surface area contributed by atoms with Crippen LogP contribution in [-0.2, 0) is 103 Å². The van der Waals surface area contributed by atoms with E-state index in [0.717, 1.165) is 34.2 Å². The zero-order chi connectivity index (χ0) is 96.6. The van der Waals surface area contributed by atoms with E-state index >= 15 is 0 Å². The minimum Gasteiger partial charge on any atom is -0.393 e. The summed E-state index contributed by atoms with van der Waals surface area (Å²) in [7, 11) is -16.3. The summed E-state index contributed by atoms with van der Waals surface area (Å²) in [5.74, 6) is 4.99. The van der Waals surface area contributed by atoms with E-state index in [9.17, 15) is 73.3 Å². The van der Waals surface area contributed by atoms with Crippen LogP contribution in [0.5, 0.6) is 0 Å². The van der Waals surface area contributed by atoms with Crippen LogP contribution in [0.2, 0.25) is 5.02 Å². The molecule has 0 saturated heterocycles. The van der Waals surface area contributed by atoms with Crippen LogP contribution in [0.3, 0.4) is 0 Å². The molecule has 13 N–H and O–H groups in total. The third kappa shape index (κ3) is 28.4. The van der Waals surface area contributed by atoms with Crippen LogP contribution >= 0.6 is 22.9 Å². The Hall–Kier alpha value is -11.4. The second-order valence-electron chi connectivity index (χ2n) is 34.6. The van der Waals surface area contributed by atoms with Gasteiger partial charge in [0, 0.05) is 137 Å². The van der Waals surface area contributed by atoms with Crippen LogP contribution in [0.1, 0.15) is 168 Å². The molecule has 9 aromatic heterocycles. The molecule has 3 aromatic carbocycles. The van der Waals surface area contributed by atoms with E-state index in [1.165, 1.54) is 49.5 Å². The molecule has 38 nitrogen and oxygen atoms in total. The molecule has 0 bridgehead atoms. The van der Waals surface area contributed by atoms with Gasteiger partial charge in [0.25, 0.3) is 0 Å². The third-order valence-electron chi connectivity index (χ3n) is 24.7. The number of aromatic nitrogens is 13. The molecule has 12 aromatic rings. The van der Waals surface area contributed by atoms with E-state index in [1.807, 2.05) is 94.6 Å². The van der Waals surface area contributed by atoms with Crippen LogP contribution in [0.25, 0.3) is 10.1 Å². The molecule has 5 saturated carbocycles. The maximum absolute atomic E-state index is 13.4. The first kappa shape index (κ1) is 101. The van der Waals surface area contributed by atoms with E-state index in [-0.39, 0.29) is 102 Å². The van der Waals surface area contributed by atoms with Crippen LogP contribution in [0.4, 0.5) is 5.82 Å². The Balaban J connectivity index is 0.000000146. The van der Waals surface area contributed by atoms with Crippen molar-refractivity contribution in [2.45, 2.75) is 147 Å². The van der Waals surface area contributed by atoms with Gasteiger partial charge in [-0.25, -0.2) is 60.4 Å². The van der Waals surface area contributed by atoms with Crippen molar-refractivity contribution in [2.24, 2.45) is 67.9 Å². The fourth-order valence-electron chi connectivity index (χ4n) is 17.9. The van der Waals surface area contributed by atoms with Crippen molar-refractivity contribution in [3.8, 4) is 11.8 Å². The highest BCUT2D eigenvalue weighted by Gasteiger charge is 2.41. The predicted octanol–water partition coefficient (Wildman–Crippen LogP) is 7.44. The second-order valence-corrected chi connectivity index (χ2v) is 40.8. The number of nitrogens with two attached hydrogens (primary N) is 4. The number of thiophene rings is 1. The Morgan fingerprint density at radius 3 is 1.42 bits per heavy atom. The lowest BCUT2D eigenvalue weighted by atomic mass is 9.95. The first-order valence-electron chi connectivity index (χ1n) is 43.7. The highest BCUT2D eigenvalue weighted by molar-refractivity contribution is 7.85. The minimum absolute atomic E-state index is 0.00817. The molecule has 17 rings (SSSR count). The topological polar surface area (TPSA) is 575 Å². The minimum atomic E-state index is -4.08. The number of aliphatic hydroxyl groups is 4. The normalized spacial score (nSPS) is 21.9. The number of benzene rings is 3. The predicted molar refractivity (Wildman–Crippen MR) is 500 cm³/mol. The Bertz CT molecular complexity index is 6760. The summed E-state index contributed by atoms with van der Waals surface area (Å²) in [6, 6.07) is 32.9. The average molecular weight is 1980 g/mol. The van der Waals surface area contributed by atoms with Crippen LogP contribution in [-0.4, -0.2) is 197 Å². The number of aliphatic hydroxyl groups excluding tert-OH is 4. The van der Waals surface area contributed by atoms with Gasteiger partial charge < -0.3 is 39.4 Å². The molecule has 0 aliphatic heterocycles. The number of carbonyl (C=O) groups is 4. The Kier molecular flexibility index (Phi) is 33.5. The number of rotatable bonds is 36. The first-order chi connectivity index (χ1) is 65.0. The molecular formula is C92H103ClN18O20S5. The first-order valence-corrected chi connectivity index (χ1v) is 50.8. The van der Waals surface area contributed by atoms with Gasteiger partial charge in [0.05, 0.1) is 103 Å². The smallest absolute Gasteiger partial charge is 0.333 e. The number of carbonyl (C=O) groups excluding carboxylic acids is 4. The fraction of sp³-hybridized carbons (Fsp3) is 0.380. The third-order valence-corrected chi connectivity index (χ3v) is 27.8. The molecule has 5 aliphatic rings. The molecule has 0 amide bonds. The van der Waals surface area contributed by atoms with E-state index in [4.69, 9.17) is 32.2 Å². The van der Waals surface area contributed by atoms with E-state index in [1.54, 1.807) is 65.9 Å². The number of nitrogens with one attached hydrogen (secondary N) is 1. The molecule has 0 radical (unpaired) electrons. The maximum Gasteiger partial charge on any atom is 0.333 e. The molecule has 2 unspecified atom stereocenters. The van der Waals surface area contributed by atoms with Crippen molar-refractivity contribution in [1.29, 1.82) is 0 Å². The summed E-state index contributed by atoms with van der Waals surface area (Å²) < 4.78 is 116. The van der Waals surface area contributed by atoms with Crippen molar-refractivity contribution in [3.63, 3.8) is 0 Å². The fourth-order valence-corrected chi connectivity index (χ4v) is 20.5. The van der Waals surface area contributed by atoms with Gasteiger partial charge in [-0.05, 0) is 183 Å². The monoisotopic (exact) mass is 1970 g/mol. The zero-order valence-corrected chi connectivity index (χ0v) is 78.5. The van der Waals surface area contributed by atoms with Crippen LogP contribution in [0, 0.1) is 59.2 Å². The molecule has 9 heterocycles. The number of ketones is 4. The summed E-state index contributed by atoms with van der Waals surface area (Å²) in [4.78, 5) is 86.1. The molecule has 44 heteroatoms. The number of hydrogen-bond acceptors (Lipinski definition) is 31. The van der Waals surface area contributed by atoms with Gasteiger partial charge >= 0.3 is 41.2 Å². The standard InChI is InChI=1S/C26H30N4O5S.C25H25ClN4O5S2.C21H24N6O5S.C20H24N4O5S/c27-36(33,34)35-15-21-8-17(10-25(21)31)9-24-23(12-28-16-29-24)26(32)19-6-7-30(13-19)14-20-11-22(20)18-4-2-1-3-5-18;26-19-1-2-24-20(8-19)18(13-36-24)11-30-4-3-16(10-30)25(32)21-9-28-14-29-22(21)6-15-5-17(23(31)7-15)12-35-37(27,33)34;22-33(30,31)32-12-15-8-16(9-19(15)28)25-21-17(10-23-13-24-21)20(29)18-6-7-27(26-18)11-14-4-2-1-3-5-14;1-2-3-5-24-6-4-15(11-24)20(26)17-10-22-13-23-18(17)8-14-7-16(19(25)9-14)12-29-30(21,27)28/h1-7,12-13,16-17,20-22,25,31H,8-11,14-15H2,(H2,27,33,34);1-4,8-10,13-15,17,23,31H,5-7,11-12H2,(H2,27,33,34);1-7,10,13,15-16,19,28H,8-9,11-12H2,(H2,22,30,31)(H,23,24,25);4,6,10-11,13-14,16,19,25H,5,7-9,12H2,1H3,(H2,21,27,28)/t17-,20?,21+,22?,25-;15-,17+,23-;15-,16+,19-;14-,16+,19-/m0000/s1. The van der Waals surface area contributed by atoms with Gasteiger partial charge in [0.15, 0.2) is 17.3 Å². The van der Waals surface area contributed by atoms with Crippen molar-refractivity contribution < 1.29 is 90.0 Å². The van der Waals surface area contributed by atoms with Gasteiger partial charge in [-0.15, -0.1) is 17.3 Å². The van der Waals surface area contributed by atoms with Crippen molar-refractivity contribution >= 4 is 103 Å². The lowest BCUT2D eigenvalue weighted by Gasteiger charge is -2.15. The molecule has 5 fully saturated rings. The average Bonchev–Trinajstić information content (AvgIpc) is 1.64. The van der Waals surface area contributed by atoms with E-state index in [0.29, 0.717) is 163 Å². The number of anilines is 1. The summed E-state index contributed by atoms with van der Waals surface area (Å²) in [5.41, 5.74) is 8.79. The van der Waals surface area contributed by atoms with E-state index in [2.05, 4.69) is 113 Å². The van der Waals surface area contributed by atoms with Crippen LogP contribution in [0.15, 0.2) is 202 Å². The Morgan fingerprint density at radius 2 is 0.926 bits per heavy atom. The zero-order valence-electron chi connectivity index (χ0n) is 73.6. The number of halogens is 1. The highest BCUT2D eigenvalue weighted by atomic mass is 35.5. The lowest BCUT2D eigenvalue weighted by molar-refractivity contribution is 0.0997. The van der Waals surface area contributed by atoms with Gasteiger partial charge in [0.2, 0.25) is 5.78 Å². The second kappa shape index (κ2) is 45.3. The molecule has 14 atom stereocenters. The molecule has 136 heavy (non-hydrogen) atoms. The van der Waals surface area contributed by atoms with Gasteiger partial charge in [-0.3, -0.25) is 40.6 Å². The molecular weight excluding hydrogens is 1870 g/mol. The van der Waals surface area contributed by atoms with Gasteiger partial charge in [0.1, 0.15) is 36.8 Å². The highest BCUT2D eigenvalue weighted by Crippen LogP contribution is 2.49. The summed E-state index contributed by atoms with van der Waals surface area (Å²) in [5, 5.41) is 72.1. The molecule has 718 valence electrons. The maximum atomic E-state index is 13.4. The Morgan fingerprint density at radius 1 is 0.485 bits per heavy atom. The van der Waals surface area contributed by atoms with Crippen molar-refractivity contribution in [1.82, 2.24) is 63.4 Å². The summed E-state index contributed by atoms with van der Waals surface area (Å²) in [6.45, 7) is 3.55. The Labute approximate surface area is 794 Å². The quantitative estimate of drug-likeness (QED) is 0.0136. The number of nitrogens with zero attached hydrogens (tertiary/aromatic N) is 13. The van der Waals surface area contributed by atoms with Gasteiger partial charge in [-0.1, -0.05) is 78.2 Å². The van der Waals surface area contributed by atoms with Crippen molar-refractivity contribution in [2.75, 3.05) is 31.7 Å². The SMILES string of the molecule is CC#CCn1ccc(C(=O)c2cncnc2C[C@@H]2C[C@H](COS(N)(=O)=O)[C@@H](O)C2)c1.NS(=O)(=O)OC[C@@H]1C[C@@H](Nc2ncncc2C(=O)c2ccn(Cc3ccccc3)n2)C[C@@H]1O.NS(=O)(=O)OC[C@H]1C[C@@H](Cc2ncncc2C(=O)c2ccn(CC3CC3c3ccccc3)c2)C[C@@H]1O.NS(=O)(=O)OC[C@H]1C[C@@H](Cc2ncncc2C(=O)c2ccn(Cc3csc4ccc(Cl)cc34)c2)C[C@@H]1O. The largest absolute Gasteiger partial charge is 0.393 e. The van der Waals surface area contributed by atoms with Gasteiger partial charge in [-0.2, -0.15) is 38.8 Å². The van der Waals surface area contributed by atoms with Crippen molar-refractivity contribution in [3.05, 3.63) is 285 Å². The number of hydrogen-bond donors (Lipinski definition) is 9. The number of fused-ring (bicyclic) bond motifs is 1. The summed E-state index contributed by atoms with van der Waals surface area (Å²) >= 11 is 7.84. The lowest BCUT2D eigenvalue weighted by Crippen LogP contribution is -2.24. The summed E-state index contributed by atoms with van der Waals surface area (Å²) in [6.07, 6.45) is 27.7. The van der Waals surface area contributed by atoms with Crippen LogP contribution < -0.4 is 25.9 Å². The van der Waals surface area contributed by atoms with E-state index < -0.39 is 71.6 Å². The molecule has 0 spiro atoms. The molecule has 5 aliphatic carbocycles.